The number of carbonyl (C=O) groups excluding carboxylic acids is 2. The first-order chi connectivity index (χ1) is 10.3. The number of hydrogen-bond donors (Lipinski definition) is 2. The van der Waals surface area contributed by atoms with Gasteiger partial charge in [0.25, 0.3) is 0 Å². The summed E-state index contributed by atoms with van der Waals surface area (Å²) >= 11 is 0. The van der Waals surface area contributed by atoms with Crippen molar-refractivity contribution in [3.8, 4) is 0 Å². The maximum absolute atomic E-state index is 12.1. The molecule has 1 aromatic rings. The zero-order valence-corrected chi connectivity index (χ0v) is 15.7. The van der Waals surface area contributed by atoms with Crippen molar-refractivity contribution in [1.29, 1.82) is 0 Å². The Morgan fingerprint density at radius 1 is 1.29 bits per heavy atom. The van der Waals surface area contributed by atoms with Crippen molar-refractivity contribution in [3.05, 3.63) is 11.8 Å². The SMILES string of the molecule is Cc1cc(NC(=O)CN2CCN(C(=O)C(C)(C)N)CC2)no1.Cl.Cl. The summed E-state index contributed by atoms with van der Waals surface area (Å²) < 4.78 is 4.89. The van der Waals surface area contributed by atoms with Crippen molar-refractivity contribution in [1.82, 2.24) is 15.0 Å². The number of hydrogen-bond acceptors (Lipinski definition) is 6. The highest BCUT2D eigenvalue weighted by molar-refractivity contribution is 5.91. The van der Waals surface area contributed by atoms with Crippen molar-refractivity contribution in [2.45, 2.75) is 26.3 Å². The minimum absolute atomic E-state index is 0. The molecule has 0 aromatic carbocycles. The number of rotatable bonds is 4. The van der Waals surface area contributed by atoms with Gasteiger partial charge < -0.3 is 20.5 Å². The van der Waals surface area contributed by atoms with Gasteiger partial charge >= 0.3 is 0 Å². The van der Waals surface area contributed by atoms with Crippen LogP contribution in [0.5, 0.6) is 0 Å². The lowest BCUT2D eigenvalue weighted by Crippen LogP contribution is -2.57. The predicted molar refractivity (Wildman–Crippen MR) is 95.7 cm³/mol. The van der Waals surface area contributed by atoms with Crippen molar-refractivity contribution >= 4 is 42.4 Å². The Bertz CT molecular complexity index is 551. The third-order valence-corrected chi connectivity index (χ3v) is 3.47. The first-order valence-corrected chi connectivity index (χ1v) is 7.29. The minimum atomic E-state index is -0.857. The zero-order valence-electron chi connectivity index (χ0n) is 14.1. The number of amides is 2. The lowest BCUT2D eigenvalue weighted by molar-refractivity contribution is -0.137. The molecule has 0 spiro atoms. The van der Waals surface area contributed by atoms with Gasteiger partial charge in [0, 0.05) is 32.2 Å². The van der Waals surface area contributed by atoms with Crippen LogP contribution in [0.3, 0.4) is 0 Å². The topological polar surface area (TPSA) is 105 Å². The molecule has 24 heavy (non-hydrogen) atoms. The molecule has 138 valence electrons. The second-order valence-electron chi connectivity index (χ2n) is 6.16. The average Bonchev–Trinajstić information content (AvgIpc) is 2.83. The molecule has 1 aromatic heterocycles. The summed E-state index contributed by atoms with van der Waals surface area (Å²) in [5.41, 5.74) is 4.97. The number of aryl methyl sites for hydroxylation is 1. The molecule has 2 amide bonds. The summed E-state index contributed by atoms with van der Waals surface area (Å²) in [6, 6.07) is 1.66. The van der Waals surface area contributed by atoms with Gasteiger partial charge in [0.05, 0.1) is 12.1 Å². The highest BCUT2D eigenvalue weighted by Gasteiger charge is 2.30. The fraction of sp³-hybridized carbons (Fsp3) is 0.643. The van der Waals surface area contributed by atoms with Crippen LogP contribution in [0.15, 0.2) is 10.6 Å². The van der Waals surface area contributed by atoms with E-state index in [9.17, 15) is 9.59 Å². The normalized spacial score (nSPS) is 15.2. The highest BCUT2D eigenvalue weighted by Crippen LogP contribution is 2.10. The molecule has 0 unspecified atom stereocenters. The molecule has 0 atom stereocenters. The molecular formula is C14H25Cl2N5O3. The van der Waals surface area contributed by atoms with Crippen molar-refractivity contribution in [2.24, 2.45) is 5.73 Å². The Hall–Kier alpha value is -1.35. The van der Waals surface area contributed by atoms with E-state index < -0.39 is 5.54 Å². The summed E-state index contributed by atoms with van der Waals surface area (Å²) in [7, 11) is 0. The van der Waals surface area contributed by atoms with E-state index in [1.165, 1.54) is 0 Å². The minimum Gasteiger partial charge on any atom is -0.360 e. The molecule has 1 saturated heterocycles. The summed E-state index contributed by atoms with van der Waals surface area (Å²) in [5, 5.41) is 6.40. The van der Waals surface area contributed by atoms with Crippen LogP contribution in [0, 0.1) is 6.92 Å². The molecule has 1 aliphatic heterocycles. The Morgan fingerprint density at radius 2 is 1.88 bits per heavy atom. The van der Waals surface area contributed by atoms with Gasteiger partial charge in [-0.05, 0) is 20.8 Å². The van der Waals surface area contributed by atoms with Gasteiger partial charge in [0.2, 0.25) is 11.8 Å². The van der Waals surface area contributed by atoms with Gasteiger partial charge in [-0.2, -0.15) is 0 Å². The second kappa shape index (κ2) is 9.22. The first-order valence-electron chi connectivity index (χ1n) is 7.29. The fourth-order valence-electron chi connectivity index (χ4n) is 2.33. The standard InChI is InChI=1S/C14H23N5O3.2ClH/c1-10-8-11(17-22-10)16-12(20)9-18-4-6-19(7-5-18)13(21)14(2,3)15;;/h8H,4-7,9,15H2,1-3H3,(H,16,17,20);2*1H. The first kappa shape index (κ1) is 22.6. The highest BCUT2D eigenvalue weighted by atomic mass is 35.5. The molecule has 10 heteroatoms. The lowest BCUT2D eigenvalue weighted by Gasteiger charge is -2.37. The van der Waals surface area contributed by atoms with Gasteiger partial charge in [0.1, 0.15) is 5.76 Å². The largest absolute Gasteiger partial charge is 0.360 e. The summed E-state index contributed by atoms with van der Waals surface area (Å²) in [5.74, 6) is 0.856. The Morgan fingerprint density at radius 3 is 2.33 bits per heavy atom. The number of aromatic nitrogens is 1. The van der Waals surface area contributed by atoms with E-state index in [0.717, 1.165) is 0 Å². The molecule has 0 radical (unpaired) electrons. The summed E-state index contributed by atoms with van der Waals surface area (Å²) in [6.45, 7) is 7.88. The van der Waals surface area contributed by atoms with Crippen LogP contribution < -0.4 is 11.1 Å². The van der Waals surface area contributed by atoms with Gasteiger partial charge in [0.15, 0.2) is 5.82 Å². The molecule has 0 bridgehead atoms. The fourth-order valence-corrected chi connectivity index (χ4v) is 2.33. The Balaban J connectivity index is 0.00000264. The predicted octanol–water partition coefficient (Wildman–Crippen LogP) is 0.647. The van der Waals surface area contributed by atoms with Crippen LogP contribution in [0.25, 0.3) is 0 Å². The quantitative estimate of drug-likeness (QED) is 0.792. The lowest BCUT2D eigenvalue weighted by atomic mass is 10.0. The number of piperazine rings is 1. The monoisotopic (exact) mass is 381 g/mol. The molecule has 1 aliphatic rings. The van der Waals surface area contributed by atoms with E-state index in [0.29, 0.717) is 37.8 Å². The van der Waals surface area contributed by atoms with Gasteiger partial charge in [-0.3, -0.25) is 14.5 Å². The van der Waals surface area contributed by atoms with E-state index in [4.69, 9.17) is 10.3 Å². The summed E-state index contributed by atoms with van der Waals surface area (Å²) in [4.78, 5) is 27.7. The molecule has 1 fully saturated rings. The number of carbonyl (C=O) groups is 2. The number of anilines is 1. The van der Waals surface area contributed by atoms with E-state index in [1.54, 1.807) is 31.7 Å². The maximum atomic E-state index is 12.1. The van der Waals surface area contributed by atoms with E-state index >= 15 is 0 Å². The van der Waals surface area contributed by atoms with E-state index in [1.807, 2.05) is 4.90 Å². The van der Waals surface area contributed by atoms with Crippen LogP contribution in [-0.2, 0) is 9.59 Å². The molecule has 0 saturated carbocycles. The van der Waals surface area contributed by atoms with Crippen LogP contribution in [0.1, 0.15) is 19.6 Å². The van der Waals surface area contributed by atoms with Crippen LogP contribution in [-0.4, -0.2) is 65.0 Å². The van der Waals surface area contributed by atoms with Gasteiger partial charge in [-0.15, -0.1) is 24.8 Å². The number of nitrogens with zero attached hydrogens (tertiary/aromatic N) is 3. The molecular weight excluding hydrogens is 357 g/mol. The number of nitrogens with two attached hydrogens (primary N) is 1. The summed E-state index contributed by atoms with van der Waals surface area (Å²) in [6.07, 6.45) is 0. The number of nitrogens with one attached hydrogen (secondary N) is 1. The zero-order chi connectivity index (χ0) is 16.3. The number of halogens is 2. The van der Waals surface area contributed by atoms with Gasteiger partial charge in [-0.1, -0.05) is 5.16 Å². The molecule has 0 aliphatic carbocycles. The average molecular weight is 382 g/mol. The Kier molecular flexibility index (Phi) is 8.70. The smallest absolute Gasteiger partial charge is 0.242 e. The van der Waals surface area contributed by atoms with Gasteiger partial charge in [-0.25, -0.2) is 0 Å². The van der Waals surface area contributed by atoms with E-state index in [-0.39, 0.29) is 43.2 Å². The van der Waals surface area contributed by atoms with Crippen LogP contribution in [0.4, 0.5) is 5.82 Å². The molecule has 2 heterocycles. The van der Waals surface area contributed by atoms with E-state index in [2.05, 4.69) is 10.5 Å². The molecule has 3 N–H and O–H groups in total. The van der Waals surface area contributed by atoms with Crippen LogP contribution in [0.2, 0.25) is 0 Å². The molecule has 8 nitrogen and oxygen atoms in total. The second-order valence-corrected chi connectivity index (χ2v) is 6.16. The molecule has 2 rings (SSSR count). The Labute approximate surface area is 153 Å². The van der Waals surface area contributed by atoms with Crippen LogP contribution >= 0.6 is 24.8 Å². The van der Waals surface area contributed by atoms with Crippen molar-refractivity contribution in [2.75, 3.05) is 38.0 Å². The maximum Gasteiger partial charge on any atom is 0.242 e. The third-order valence-electron chi connectivity index (χ3n) is 3.47. The third kappa shape index (κ3) is 6.27. The van der Waals surface area contributed by atoms with Crippen molar-refractivity contribution < 1.29 is 14.1 Å². The van der Waals surface area contributed by atoms with Crippen molar-refractivity contribution in [3.63, 3.8) is 0 Å².